The van der Waals surface area contributed by atoms with E-state index >= 15 is 0 Å². The lowest BCUT2D eigenvalue weighted by molar-refractivity contribution is -0.113. The molecule has 7 nitrogen and oxygen atoms in total. The van der Waals surface area contributed by atoms with Gasteiger partial charge in [0.15, 0.2) is 0 Å². The minimum Gasteiger partial charge on any atom is -0.508 e. The number of carbonyl (C=O) groups is 2. The lowest BCUT2D eigenvalue weighted by Crippen LogP contribution is -2.45. The molecule has 0 spiro atoms. The van der Waals surface area contributed by atoms with E-state index in [-0.39, 0.29) is 11.7 Å². The molecular weight excluding hydrogens is 334 g/mol. The SMILES string of the molecule is COc1ccccc1NC(=O)C1=C(C)NC(=O)N[C@H]1c1cccc(O)c1. The maximum Gasteiger partial charge on any atom is 0.319 e. The van der Waals surface area contributed by atoms with Gasteiger partial charge in [-0.1, -0.05) is 24.3 Å². The molecule has 134 valence electrons. The number of rotatable bonds is 4. The second kappa shape index (κ2) is 7.18. The standard InChI is InChI=1S/C19H19N3O4/c1-11-16(18(24)21-14-8-3-4-9-15(14)26-2)17(22-19(25)20-11)12-6-5-7-13(23)10-12/h3-10,17,23H,1-2H3,(H,21,24)(H2,20,22,25)/t17-/m0/s1. The Hall–Kier alpha value is -3.48. The normalized spacial score (nSPS) is 16.5. The summed E-state index contributed by atoms with van der Waals surface area (Å²) in [7, 11) is 1.52. The molecule has 0 aliphatic carbocycles. The van der Waals surface area contributed by atoms with Crippen LogP contribution in [0.5, 0.6) is 11.5 Å². The molecule has 26 heavy (non-hydrogen) atoms. The molecule has 1 atom stereocenters. The number of aromatic hydroxyl groups is 1. The Morgan fingerprint density at radius 3 is 2.69 bits per heavy atom. The van der Waals surface area contributed by atoms with Gasteiger partial charge in [0.05, 0.1) is 24.4 Å². The molecule has 0 aromatic heterocycles. The lowest BCUT2D eigenvalue weighted by atomic mass is 9.94. The Morgan fingerprint density at radius 2 is 1.96 bits per heavy atom. The fraction of sp³-hybridized carbons (Fsp3) is 0.158. The minimum atomic E-state index is -0.689. The zero-order valence-electron chi connectivity index (χ0n) is 14.4. The van der Waals surface area contributed by atoms with Gasteiger partial charge >= 0.3 is 6.03 Å². The van der Waals surface area contributed by atoms with Gasteiger partial charge in [0.2, 0.25) is 0 Å². The van der Waals surface area contributed by atoms with Crippen LogP contribution in [0.15, 0.2) is 59.8 Å². The van der Waals surface area contributed by atoms with E-state index in [0.29, 0.717) is 28.3 Å². The maximum absolute atomic E-state index is 12.9. The second-order valence-electron chi connectivity index (χ2n) is 5.82. The molecule has 1 heterocycles. The number of para-hydroxylation sites is 2. The van der Waals surface area contributed by atoms with Gasteiger partial charge in [-0.05, 0) is 36.8 Å². The molecule has 2 aromatic carbocycles. The lowest BCUT2D eigenvalue weighted by Gasteiger charge is -2.28. The van der Waals surface area contributed by atoms with Crippen LogP contribution in [0.1, 0.15) is 18.5 Å². The van der Waals surface area contributed by atoms with Crippen LogP contribution in [0.4, 0.5) is 10.5 Å². The summed E-state index contributed by atoms with van der Waals surface area (Å²) in [5.41, 5.74) is 1.91. The van der Waals surface area contributed by atoms with Crippen molar-refractivity contribution in [2.24, 2.45) is 0 Å². The zero-order valence-corrected chi connectivity index (χ0v) is 14.4. The van der Waals surface area contributed by atoms with Crippen LogP contribution in [0.25, 0.3) is 0 Å². The van der Waals surface area contributed by atoms with Gasteiger partial charge in [0, 0.05) is 5.70 Å². The Labute approximate surface area is 150 Å². The van der Waals surface area contributed by atoms with Crippen molar-refractivity contribution >= 4 is 17.6 Å². The van der Waals surface area contributed by atoms with Crippen LogP contribution >= 0.6 is 0 Å². The first-order valence-corrected chi connectivity index (χ1v) is 8.01. The van der Waals surface area contributed by atoms with Crippen molar-refractivity contribution in [3.05, 3.63) is 65.4 Å². The highest BCUT2D eigenvalue weighted by molar-refractivity contribution is 6.07. The first kappa shape index (κ1) is 17.3. The topological polar surface area (TPSA) is 99.7 Å². The number of hydrogen-bond acceptors (Lipinski definition) is 4. The maximum atomic E-state index is 12.9. The highest BCUT2D eigenvalue weighted by Crippen LogP contribution is 2.31. The molecule has 0 bridgehead atoms. The molecular formula is C19H19N3O4. The molecule has 0 radical (unpaired) electrons. The predicted octanol–water partition coefficient (Wildman–Crippen LogP) is 2.67. The fourth-order valence-electron chi connectivity index (χ4n) is 2.89. The average Bonchev–Trinajstić information content (AvgIpc) is 2.61. The fourth-order valence-corrected chi connectivity index (χ4v) is 2.89. The molecule has 0 fully saturated rings. The molecule has 2 aromatic rings. The van der Waals surface area contributed by atoms with Crippen molar-refractivity contribution in [1.29, 1.82) is 0 Å². The molecule has 1 aliphatic rings. The first-order chi connectivity index (χ1) is 12.5. The summed E-state index contributed by atoms with van der Waals surface area (Å²) in [5.74, 6) is 0.200. The van der Waals surface area contributed by atoms with Crippen LogP contribution in [0.2, 0.25) is 0 Å². The monoisotopic (exact) mass is 353 g/mol. The summed E-state index contributed by atoms with van der Waals surface area (Å²) in [4.78, 5) is 24.8. The summed E-state index contributed by atoms with van der Waals surface area (Å²) in [6.07, 6.45) is 0. The van der Waals surface area contributed by atoms with Gasteiger partial charge in [0.25, 0.3) is 5.91 Å². The van der Waals surface area contributed by atoms with Gasteiger partial charge < -0.3 is 25.8 Å². The van der Waals surface area contributed by atoms with Crippen LogP contribution < -0.4 is 20.7 Å². The third kappa shape index (κ3) is 3.46. The molecule has 3 amide bonds. The number of phenols is 1. The second-order valence-corrected chi connectivity index (χ2v) is 5.82. The predicted molar refractivity (Wildman–Crippen MR) is 96.8 cm³/mol. The van der Waals surface area contributed by atoms with E-state index in [1.54, 1.807) is 43.3 Å². The van der Waals surface area contributed by atoms with E-state index in [1.165, 1.54) is 19.2 Å². The quantitative estimate of drug-likeness (QED) is 0.679. The summed E-state index contributed by atoms with van der Waals surface area (Å²) < 4.78 is 5.26. The molecule has 0 unspecified atom stereocenters. The first-order valence-electron chi connectivity index (χ1n) is 8.01. The molecule has 0 saturated carbocycles. The summed E-state index contributed by atoms with van der Waals surface area (Å²) in [6, 6.07) is 12.4. The average molecular weight is 353 g/mol. The molecule has 7 heteroatoms. The highest BCUT2D eigenvalue weighted by Gasteiger charge is 2.31. The molecule has 0 saturated heterocycles. The van der Waals surface area contributed by atoms with E-state index in [9.17, 15) is 14.7 Å². The third-order valence-electron chi connectivity index (χ3n) is 4.07. The van der Waals surface area contributed by atoms with Crippen molar-refractivity contribution in [2.75, 3.05) is 12.4 Å². The summed E-state index contributed by atoms with van der Waals surface area (Å²) in [5, 5.41) is 17.9. The van der Waals surface area contributed by atoms with Crippen LogP contribution in [-0.4, -0.2) is 24.2 Å². The number of amides is 3. The Bertz CT molecular complexity index is 892. The number of ether oxygens (including phenoxy) is 1. The van der Waals surface area contributed by atoms with Gasteiger partial charge in [-0.25, -0.2) is 4.79 Å². The Kier molecular flexibility index (Phi) is 4.79. The smallest absolute Gasteiger partial charge is 0.319 e. The number of phenolic OH excluding ortho intramolecular Hbond substituents is 1. The van der Waals surface area contributed by atoms with Crippen molar-refractivity contribution in [3.8, 4) is 11.5 Å². The molecule has 1 aliphatic heterocycles. The van der Waals surface area contributed by atoms with Crippen molar-refractivity contribution in [3.63, 3.8) is 0 Å². The van der Waals surface area contributed by atoms with Crippen LogP contribution in [0.3, 0.4) is 0 Å². The Morgan fingerprint density at radius 1 is 1.19 bits per heavy atom. The van der Waals surface area contributed by atoms with Gasteiger partial charge in [0.1, 0.15) is 11.5 Å². The Balaban J connectivity index is 1.97. The van der Waals surface area contributed by atoms with Crippen LogP contribution in [0, 0.1) is 0 Å². The van der Waals surface area contributed by atoms with Crippen molar-refractivity contribution in [2.45, 2.75) is 13.0 Å². The number of benzene rings is 2. The van der Waals surface area contributed by atoms with E-state index < -0.39 is 12.1 Å². The number of carbonyl (C=O) groups excluding carboxylic acids is 2. The van der Waals surface area contributed by atoms with E-state index in [4.69, 9.17) is 4.74 Å². The zero-order chi connectivity index (χ0) is 18.7. The van der Waals surface area contributed by atoms with E-state index in [2.05, 4.69) is 16.0 Å². The van der Waals surface area contributed by atoms with Crippen molar-refractivity contribution < 1.29 is 19.4 Å². The highest BCUT2D eigenvalue weighted by atomic mass is 16.5. The number of nitrogens with one attached hydrogen (secondary N) is 3. The number of methoxy groups -OCH3 is 1. The number of urea groups is 1. The third-order valence-corrected chi connectivity index (χ3v) is 4.07. The number of allylic oxidation sites excluding steroid dienone is 1. The van der Waals surface area contributed by atoms with Gasteiger partial charge in [-0.15, -0.1) is 0 Å². The van der Waals surface area contributed by atoms with E-state index in [1.807, 2.05) is 0 Å². The number of anilines is 1. The summed E-state index contributed by atoms with van der Waals surface area (Å²) in [6.45, 7) is 1.66. The van der Waals surface area contributed by atoms with E-state index in [0.717, 1.165) is 0 Å². The minimum absolute atomic E-state index is 0.0532. The number of hydrogen-bond donors (Lipinski definition) is 4. The van der Waals surface area contributed by atoms with Gasteiger partial charge in [-0.3, -0.25) is 4.79 Å². The van der Waals surface area contributed by atoms with Crippen LogP contribution in [-0.2, 0) is 4.79 Å². The van der Waals surface area contributed by atoms with Crippen molar-refractivity contribution in [1.82, 2.24) is 10.6 Å². The van der Waals surface area contributed by atoms with Gasteiger partial charge in [-0.2, -0.15) is 0 Å². The largest absolute Gasteiger partial charge is 0.508 e. The summed E-state index contributed by atoms with van der Waals surface area (Å²) >= 11 is 0. The molecule has 3 rings (SSSR count). The molecule has 4 N–H and O–H groups in total.